The van der Waals surface area contributed by atoms with Crippen molar-refractivity contribution in [2.45, 2.75) is 6.92 Å². The molecule has 0 radical (unpaired) electrons. The van der Waals surface area contributed by atoms with Gasteiger partial charge in [-0.05, 0) is 85.3 Å². The third kappa shape index (κ3) is 3.16. The van der Waals surface area contributed by atoms with Gasteiger partial charge in [0.2, 0.25) is 0 Å². The Balaban J connectivity index is 1.35. The Morgan fingerprint density at radius 3 is 1.74 bits per heavy atom. The van der Waals surface area contributed by atoms with Gasteiger partial charge in [-0.15, -0.1) is 11.3 Å². The first-order valence-electron chi connectivity index (χ1n) is 13.1. The maximum absolute atomic E-state index is 2.38. The summed E-state index contributed by atoms with van der Waals surface area (Å²) in [5.41, 5.74) is 6.41. The number of aryl methyl sites for hydroxylation is 1. The van der Waals surface area contributed by atoms with E-state index in [0.717, 1.165) is 0 Å². The van der Waals surface area contributed by atoms with Crippen molar-refractivity contribution in [2.24, 2.45) is 0 Å². The van der Waals surface area contributed by atoms with Crippen molar-refractivity contribution in [1.29, 1.82) is 0 Å². The fourth-order valence-corrected chi connectivity index (χ4v) is 7.49. The molecule has 178 valence electrons. The van der Waals surface area contributed by atoms with Crippen molar-refractivity contribution in [3.63, 3.8) is 0 Å². The predicted octanol–water partition coefficient (Wildman–Crippen LogP) is 11.2. The molecule has 8 rings (SSSR count). The Bertz CT molecular complexity index is 2160. The monoisotopic (exact) mass is 500 g/mol. The maximum atomic E-state index is 2.38. The molecule has 0 spiro atoms. The van der Waals surface area contributed by atoms with Crippen molar-refractivity contribution < 1.29 is 0 Å². The lowest BCUT2D eigenvalue weighted by atomic mass is 9.91. The molecule has 0 bridgehead atoms. The van der Waals surface area contributed by atoms with Gasteiger partial charge in [0.25, 0.3) is 0 Å². The van der Waals surface area contributed by atoms with Gasteiger partial charge in [-0.3, -0.25) is 0 Å². The molecule has 0 saturated heterocycles. The molecule has 0 aliphatic heterocycles. The Labute approximate surface area is 225 Å². The molecule has 1 heteroatoms. The van der Waals surface area contributed by atoms with Crippen LogP contribution in [0.5, 0.6) is 0 Å². The molecular weight excluding hydrogens is 476 g/mol. The van der Waals surface area contributed by atoms with E-state index < -0.39 is 0 Å². The van der Waals surface area contributed by atoms with E-state index in [1.165, 1.54) is 80.3 Å². The fourth-order valence-electron chi connectivity index (χ4n) is 6.17. The molecule has 7 aromatic carbocycles. The van der Waals surface area contributed by atoms with Gasteiger partial charge in [-0.25, -0.2) is 0 Å². The van der Waals surface area contributed by atoms with E-state index in [1.54, 1.807) is 0 Å². The lowest BCUT2D eigenvalue weighted by Crippen LogP contribution is -1.86. The second-order valence-corrected chi connectivity index (χ2v) is 11.2. The fraction of sp³-hybridized carbons (Fsp3) is 0.0270. The van der Waals surface area contributed by atoms with Gasteiger partial charge in [-0.2, -0.15) is 0 Å². The summed E-state index contributed by atoms with van der Waals surface area (Å²) in [5.74, 6) is 0. The van der Waals surface area contributed by atoms with Gasteiger partial charge in [0, 0.05) is 20.2 Å². The van der Waals surface area contributed by atoms with Gasteiger partial charge in [-0.1, -0.05) is 109 Å². The van der Waals surface area contributed by atoms with Gasteiger partial charge in [0.05, 0.1) is 0 Å². The minimum absolute atomic E-state index is 1.25. The summed E-state index contributed by atoms with van der Waals surface area (Å²) < 4.78 is 2.72. The van der Waals surface area contributed by atoms with Crippen LogP contribution in [0.4, 0.5) is 0 Å². The van der Waals surface area contributed by atoms with Crippen LogP contribution in [-0.4, -0.2) is 0 Å². The first kappa shape index (κ1) is 21.6. The second-order valence-electron chi connectivity index (χ2n) is 10.2. The summed E-state index contributed by atoms with van der Waals surface area (Å²) >= 11 is 1.90. The highest BCUT2D eigenvalue weighted by Gasteiger charge is 2.14. The minimum atomic E-state index is 1.25. The molecule has 38 heavy (non-hydrogen) atoms. The number of benzene rings is 7. The average molecular weight is 501 g/mol. The zero-order valence-electron chi connectivity index (χ0n) is 21.0. The standard InChI is InChI=1S/C37H24S/c1-23-17-19-27(37-36(23)33-15-6-7-16-35(33)38-37)26-10-8-9-24(21-26)25-18-20-32-30-13-3-2-11-28(30)29-12-4-5-14-31(29)34(32)22-25/h2-22H,1H3. The second kappa shape index (κ2) is 8.28. The molecule has 0 amide bonds. The molecule has 0 saturated carbocycles. The Kier molecular flexibility index (Phi) is 4.71. The number of hydrogen-bond acceptors (Lipinski definition) is 1. The lowest BCUT2D eigenvalue weighted by molar-refractivity contribution is 1.54. The third-order valence-corrected chi connectivity index (χ3v) is 9.19. The summed E-state index contributed by atoms with van der Waals surface area (Å²) in [6, 6.07) is 46.9. The third-order valence-electron chi connectivity index (χ3n) is 7.99. The summed E-state index contributed by atoms with van der Waals surface area (Å²) in [6.07, 6.45) is 0. The molecule has 1 aromatic heterocycles. The van der Waals surface area contributed by atoms with Crippen LogP contribution in [0, 0.1) is 6.92 Å². The van der Waals surface area contributed by atoms with Crippen LogP contribution in [0.3, 0.4) is 0 Å². The molecule has 1 heterocycles. The van der Waals surface area contributed by atoms with E-state index in [0.29, 0.717) is 0 Å². The lowest BCUT2D eigenvalue weighted by Gasteiger charge is -2.13. The summed E-state index contributed by atoms with van der Waals surface area (Å²) in [5, 5.41) is 10.6. The van der Waals surface area contributed by atoms with Crippen LogP contribution in [0.1, 0.15) is 5.56 Å². The largest absolute Gasteiger partial charge is 0.135 e. The van der Waals surface area contributed by atoms with Gasteiger partial charge in [0.1, 0.15) is 0 Å². The Morgan fingerprint density at radius 1 is 0.421 bits per heavy atom. The summed E-state index contributed by atoms with van der Waals surface area (Å²) in [7, 11) is 0. The highest BCUT2D eigenvalue weighted by atomic mass is 32.1. The van der Waals surface area contributed by atoms with Crippen LogP contribution in [0.25, 0.3) is 74.7 Å². The highest BCUT2D eigenvalue weighted by Crippen LogP contribution is 2.42. The van der Waals surface area contributed by atoms with Crippen molar-refractivity contribution in [1.82, 2.24) is 0 Å². The number of hydrogen-bond donors (Lipinski definition) is 0. The SMILES string of the molecule is Cc1ccc(-c2cccc(-c3ccc4c5ccccc5c5ccccc5c4c3)c2)c2sc3ccccc3c12. The highest BCUT2D eigenvalue weighted by molar-refractivity contribution is 7.26. The van der Waals surface area contributed by atoms with Crippen molar-refractivity contribution >= 4 is 63.8 Å². The molecule has 0 aliphatic carbocycles. The van der Waals surface area contributed by atoms with Gasteiger partial charge >= 0.3 is 0 Å². The number of thiophene rings is 1. The van der Waals surface area contributed by atoms with Gasteiger partial charge < -0.3 is 0 Å². The average Bonchev–Trinajstić information content (AvgIpc) is 3.38. The number of rotatable bonds is 2. The molecule has 0 fully saturated rings. The predicted molar refractivity (Wildman–Crippen MR) is 167 cm³/mol. The molecule has 0 atom stereocenters. The van der Waals surface area contributed by atoms with Crippen LogP contribution < -0.4 is 0 Å². The van der Waals surface area contributed by atoms with Crippen LogP contribution in [0.15, 0.2) is 127 Å². The van der Waals surface area contributed by atoms with E-state index in [-0.39, 0.29) is 0 Å². The maximum Gasteiger partial charge on any atom is 0.0436 e. The summed E-state index contributed by atoms with van der Waals surface area (Å²) in [6.45, 7) is 2.23. The molecule has 0 N–H and O–H groups in total. The normalized spacial score (nSPS) is 11.8. The quantitative estimate of drug-likeness (QED) is 0.207. The Morgan fingerprint density at radius 2 is 1.00 bits per heavy atom. The first-order valence-corrected chi connectivity index (χ1v) is 13.9. The zero-order valence-corrected chi connectivity index (χ0v) is 21.8. The molecule has 0 nitrogen and oxygen atoms in total. The molecule has 8 aromatic rings. The van der Waals surface area contributed by atoms with E-state index >= 15 is 0 Å². The van der Waals surface area contributed by atoms with Gasteiger partial charge in [0.15, 0.2) is 0 Å². The summed E-state index contributed by atoms with van der Waals surface area (Å²) in [4.78, 5) is 0. The molecule has 0 aliphatic rings. The van der Waals surface area contributed by atoms with E-state index in [4.69, 9.17) is 0 Å². The number of fused-ring (bicyclic) bond motifs is 9. The Hall–Kier alpha value is -4.46. The van der Waals surface area contributed by atoms with E-state index in [2.05, 4.69) is 134 Å². The van der Waals surface area contributed by atoms with Crippen molar-refractivity contribution in [3.8, 4) is 22.3 Å². The van der Waals surface area contributed by atoms with E-state index in [1.807, 2.05) is 11.3 Å². The minimum Gasteiger partial charge on any atom is -0.135 e. The van der Waals surface area contributed by atoms with Crippen LogP contribution in [0.2, 0.25) is 0 Å². The van der Waals surface area contributed by atoms with Crippen LogP contribution >= 0.6 is 11.3 Å². The van der Waals surface area contributed by atoms with E-state index in [9.17, 15) is 0 Å². The topological polar surface area (TPSA) is 0 Å². The zero-order chi connectivity index (χ0) is 25.2. The first-order chi connectivity index (χ1) is 18.8. The van der Waals surface area contributed by atoms with Crippen molar-refractivity contribution in [2.75, 3.05) is 0 Å². The molecule has 0 unspecified atom stereocenters. The molecular formula is C37H24S. The van der Waals surface area contributed by atoms with Crippen molar-refractivity contribution in [3.05, 3.63) is 133 Å². The van der Waals surface area contributed by atoms with Crippen LogP contribution in [-0.2, 0) is 0 Å². The smallest absolute Gasteiger partial charge is 0.0436 e.